The quantitative estimate of drug-likeness (QED) is 0.0842. The summed E-state index contributed by atoms with van der Waals surface area (Å²) in [6.07, 6.45) is 2.29. The van der Waals surface area contributed by atoms with Crippen molar-refractivity contribution in [2.45, 2.75) is 138 Å². The Kier molecular flexibility index (Phi) is 48.0. The van der Waals surface area contributed by atoms with Crippen LogP contribution in [0.4, 0.5) is 0 Å². The number of rotatable bonds is 13. The molecular formula is C49H84O12P-. The fourth-order valence-corrected chi connectivity index (χ4v) is 2.66. The molecule has 0 aliphatic heterocycles. The number of esters is 4. The first-order valence-electron chi connectivity index (χ1n) is 18.7. The van der Waals surface area contributed by atoms with Crippen molar-refractivity contribution in [1.82, 2.24) is 0 Å². The van der Waals surface area contributed by atoms with Crippen molar-refractivity contribution in [3.8, 4) is 0 Å². The Bertz CT molecular complexity index is 1570. The van der Waals surface area contributed by atoms with E-state index in [-0.39, 0.29) is 72.5 Å². The molecular weight excluding hydrogens is 812 g/mol. The Morgan fingerprint density at radius 2 is 0.823 bits per heavy atom. The van der Waals surface area contributed by atoms with Gasteiger partial charge in [-0.2, -0.15) is 0 Å². The van der Waals surface area contributed by atoms with Gasteiger partial charge in [0.05, 0.1) is 30.5 Å². The fraction of sp³-hybridized carbons (Fsp3) is 0.510. The second-order valence-corrected chi connectivity index (χ2v) is 14.8. The minimum Gasteiger partial charge on any atom is -0.577 e. The van der Waals surface area contributed by atoms with Gasteiger partial charge in [0, 0.05) is 16.7 Å². The standard InChI is InChI=1S/C13H18O2.C11H12O2.C7H14O2.C6H12O2.C5H8O2.C4H6O2.3CH4.H2P/c1-4-13(2,3)12(14)15-10-11-8-6-5-7-9-11;1-9(2)11(12)13-8-10-6-4-3-5-7-10;1-5-7(2,3)6(8)9-4;1-4-6(2,3)5(7)8;1-4(2)5(6)7-3;1-3(2)4(5)6;;;;/h5-9H,4,10H2,1-3H3;3-7H,1,8H2,2H3;5H2,1-4H3;4H2,1-3H3,(H,7,8);1H2,2-3H3;1H2,2H3,(H,5,6);3*1H4;1H2/q;;;;;;;;;-1. The third kappa shape index (κ3) is 39.1. The Labute approximate surface area is 379 Å². The van der Waals surface area contributed by atoms with Crippen LogP contribution in [0.3, 0.4) is 0 Å². The summed E-state index contributed by atoms with van der Waals surface area (Å²) in [6, 6.07) is 19.3. The highest BCUT2D eigenvalue weighted by Gasteiger charge is 2.27. The lowest BCUT2D eigenvalue weighted by Crippen LogP contribution is -2.25. The molecule has 0 fully saturated rings. The summed E-state index contributed by atoms with van der Waals surface area (Å²) < 4.78 is 19.0. The van der Waals surface area contributed by atoms with Gasteiger partial charge < -0.3 is 39.1 Å². The molecule has 2 N–H and O–H groups in total. The molecule has 62 heavy (non-hydrogen) atoms. The van der Waals surface area contributed by atoms with Gasteiger partial charge in [0.15, 0.2) is 0 Å². The van der Waals surface area contributed by atoms with Gasteiger partial charge in [0.25, 0.3) is 0 Å². The number of hydrogen-bond acceptors (Lipinski definition) is 10. The van der Waals surface area contributed by atoms with Crippen LogP contribution in [-0.2, 0) is 60.9 Å². The number of carboxylic acids is 2. The monoisotopic (exact) mass is 896 g/mol. The molecule has 2 aromatic carbocycles. The van der Waals surface area contributed by atoms with E-state index in [4.69, 9.17) is 19.7 Å². The molecule has 0 saturated heterocycles. The SMILES string of the molecule is C.C.C.C=C(C)C(=O)O.C=C(C)C(=O)OC.C=C(C)C(=O)OCc1ccccc1.CCC(C)(C)C(=O)O.CCC(C)(C)C(=O)OC.CCC(C)(C)C(=O)OCc1ccccc1.[PH2-]. The van der Waals surface area contributed by atoms with E-state index in [0.29, 0.717) is 30.8 Å². The van der Waals surface area contributed by atoms with Crippen LogP contribution in [0.1, 0.15) is 136 Å². The van der Waals surface area contributed by atoms with Crippen molar-refractivity contribution < 1.29 is 57.9 Å². The summed E-state index contributed by atoms with van der Waals surface area (Å²) >= 11 is 0. The van der Waals surface area contributed by atoms with E-state index >= 15 is 0 Å². The first-order valence-corrected chi connectivity index (χ1v) is 18.7. The maximum absolute atomic E-state index is 11.6. The summed E-state index contributed by atoms with van der Waals surface area (Å²) in [7, 11) is 2.75. The lowest BCUT2D eigenvalue weighted by molar-refractivity contribution is -0.155. The average Bonchev–Trinajstić information content (AvgIpc) is 3.19. The van der Waals surface area contributed by atoms with E-state index in [1.807, 2.05) is 109 Å². The Morgan fingerprint density at radius 3 is 1.02 bits per heavy atom. The van der Waals surface area contributed by atoms with Gasteiger partial charge in [-0.15, -0.1) is 0 Å². The topological polar surface area (TPSA) is 180 Å². The van der Waals surface area contributed by atoms with Crippen molar-refractivity contribution in [3.63, 3.8) is 0 Å². The van der Waals surface area contributed by atoms with Gasteiger partial charge in [-0.1, -0.05) is 123 Å². The number of methoxy groups -OCH3 is 2. The maximum Gasteiger partial charge on any atom is 0.333 e. The molecule has 0 unspecified atom stereocenters. The van der Waals surface area contributed by atoms with Crippen LogP contribution in [0.25, 0.3) is 0 Å². The van der Waals surface area contributed by atoms with Crippen molar-refractivity contribution >= 4 is 45.7 Å². The van der Waals surface area contributed by atoms with Crippen molar-refractivity contribution in [2.75, 3.05) is 14.2 Å². The number of aliphatic carboxylic acids is 2. The summed E-state index contributed by atoms with van der Waals surface area (Å²) in [6.45, 7) is 32.2. The molecule has 0 radical (unpaired) electrons. The van der Waals surface area contributed by atoms with E-state index < -0.39 is 17.4 Å². The second kappa shape index (κ2) is 40.0. The molecule has 2 rings (SSSR count). The van der Waals surface area contributed by atoms with E-state index in [2.05, 4.69) is 29.2 Å². The zero-order valence-corrected chi connectivity index (χ0v) is 39.1. The molecule has 0 aliphatic rings. The van der Waals surface area contributed by atoms with Gasteiger partial charge in [-0.05, 0) is 92.7 Å². The van der Waals surface area contributed by atoms with Crippen LogP contribution in [0.5, 0.6) is 0 Å². The first-order chi connectivity index (χ1) is 26.6. The zero-order valence-electron chi connectivity index (χ0n) is 38.0. The van der Waals surface area contributed by atoms with Crippen molar-refractivity contribution in [2.24, 2.45) is 16.2 Å². The Balaban J connectivity index is -0.0000000957. The predicted octanol–water partition coefficient (Wildman–Crippen LogP) is 12.2. The van der Waals surface area contributed by atoms with Crippen LogP contribution in [0.15, 0.2) is 97.1 Å². The third-order valence-electron chi connectivity index (χ3n) is 8.19. The summed E-state index contributed by atoms with van der Waals surface area (Å²) in [5.74, 6) is -2.61. The Morgan fingerprint density at radius 1 is 0.516 bits per heavy atom. The van der Waals surface area contributed by atoms with Gasteiger partial charge in [-0.3, -0.25) is 14.4 Å². The summed E-state index contributed by atoms with van der Waals surface area (Å²) in [5, 5.41) is 16.3. The number of carboxylic acid groups (broad SMARTS) is 2. The lowest BCUT2D eigenvalue weighted by Gasteiger charge is -2.20. The minimum atomic E-state index is -0.935. The number of benzene rings is 2. The molecule has 13 heteroatoms. The average molecular weight is 896 g/mol. The third-order valence-corrected chi connectivity index (χ3v) is 8.19. The first kappa shape index (κ1) is 74.4. The molecule has 0 amide bonds. The van der Waals surface area contributed by atoms with E-state index in [0.717, 1.165) is 24.0 Å². The van der Waals surface area contributed by atoms with Crippen LogP contribution in [0.2, 0.25) is 0 Å². The molecule has 0 aliphatic carbocycles. The number of hydrogen-bond donors (Lipinski definition) is 2. The molecule has 0 atom stereocenters. The largest absolute Gasteiger partial charge is 0.577 e. The molecule has 0 bridgehead atoms. The van der Waals surface area contributed by atoms with E-state index in [1.165, 1.54) is 21.1 Å². The summed E-state index contributed by atoms with van der Waals surface area (Å²) in [4.78, 5) is 63.5. The smallest absolute Gasteiger partial charge is 0.333 e. The van der Waals surface area contributed by atoms with Crippen molar-refractivity contribution in [1.29, 1.82) is 0 Å². The van der Waals surface area contributed by atoms with Gasteiger partial charge in [0.2, 0.25) is 0 Å². The highest BCUT2D eigenvalue weighted by atomic mass is 31.0. The maximum atomic E-state index is 11.6. The van der Waals surface area contributed by atoms with Crippen LogP contribution < -0.4 is 0 Å². The Hall–Kier alpha value is -5.09. The highest BCUT2D eigenvalue weighted by Crippen LogP contribution is 2.22. The highest BCUT2D eigenvalue weighted by molar-refractivity contribution is 6.92. The van der Waals surface area contributed by atoms with Crippen LogP contribution in [-0.4, -0.2) is 60.2 Å². The van der Waals surface area contributed by atoms with E-state index in [1.54, 1.807) is 27.7 Å². The molecule has 12 nitrogen and oxygen atoms in total. The number of carbonyl (C=O) groups excluding carboxylic acids is 4. The minimum absolute atomic E-state index is 0. The molecule has 358 valence electrons. The molecule has 0 spiro atoms. The van der Waals surface area contributed by atoms with Gasteiger partial charge >= 0.3 is 35.8 Å². The second-order valence-electron chi connectivity index (χ2n) is 14.8. The number of carbonyl (C=O) groups is 6. The molecule has 2 aromatic rings. The molecule has 0 heterocycles. The lowest BCUT2D eigenvalue weighted by atomic mass is 9.91. The normalized spacial score (nSPS) is 9.32. The van der Waals surface area contributed by atoms with Crippen LogP contribution >= 0.6 is 9.90 Å². The molecule has 0 aromatic heterocycles. The van der Waals surface area contributed by atoms with Gasteiger partial charge in [-0.25, -0.2) is 14.4 Å². The van der Waals surface area contributed by atoms with Gasteiger partial charge in [0.1, 0.15) is 13.2 Å². The van der Waals surface area contributed by atoms with Crippen LogP contribution in [0, 0.1) is 16.2 Å². The zero-order chi connectivity index (χ0) is 46.3. The fourth-order valence-electron chi connectivity index (χ4n) is 2.66. The van der Waals surface area contributed by atoms with Crippen molar-refractivity contribution in [3.05, 3.63) is 108 Å². The predicted molar refractivity (Wildman–Crippen MR) is 258 cm³/mol. The van der Waals surface area contributed by atoms with E-state index in [9.17, 15) is 28.8 Å². The number of ether oxygens (including phenoxy) is 4. The molecule has 0 saturated carbocycles. The summed E-state index contributed by atoms with van der Waals surface area (Å²) in [5.41, 5.74) is 1.81.